The minimum absolute atomic E-state index is 0.0915. The normalized spacial score (nSPS) is 10.0. The highest BCUT2D eigenvalue weighted by Gasteiger charge is 2.12. The number of benzene rings is 1. The molecular weight excluding hydrogens is 340 g/mol. The molecule has 0 aliphatic rings. The first-order valence-electron chi connectivity index (χ1n) is 6.19. The van der Waals surface area contributed by atoms with Crippen molar-refractivity contribution >= 4 is 27.7 Å². The number of hydrogen-bond donors (Lipinski definition) is 2. The second kappa shape index (κ2) is 6.94. The molecule has 2 N–H and O–H groups in total. The number of nitrogens with one attached hydrogen (secondary N) is 2. The van der Waals surface area contributed by atoms with Crippen LogP contribution < -0.4 is 15.6 Å². The summed E-state index contributed by atoms with van der Waals surface area (Å²) in [6.07, 6.45) is 0. The zero-order valence-electron chi connectivity index (χ0n) is 11.2. The summed E-state index contributed by atoms with van der Waals surface area (Å²) in [5.41, 5.74) is 4.97. The highest BCUT2D eigenvalue weighted by atomic mass is 79.9. The second-order valence-corrected chi connectivity index (χ2v) is 4.75. The predicted molar refractivity (Wildman–Crippen MR) is 79.0 cm³/mol. The lowest BCUT2D eigenvalue weighted by Crippen LogP contribution is -2.41. The van der Waals surface area contributed by atoms with E-state index in [0.717, 1.165) is 0 Å². The molecule has 0 saturated carbocycles. The fourth-order valence-electron chi connectivity index (χ4n) is 1.55. The smallest absolute Gasteiger partial charge is 0.305 e. The van der Waals surface area contributed by atoms with Gasteiger partial charge >= 0.3 is 5.91 Å². The van der Waals surface area contributed by atoms with Crippen molar-refractivity contribution in [1.29, 1.82) is 0 Å². The largest absolute Gasteiger partial charge is 0.494 e. The van der Waals surface area contributed by atoms with Crippen LogP contribution in [0.4, 0.5) is 0 Å². The topological polar surface area (TPSA) is 80.6 Å². The summed E-state index contributed by atoms with van der Waals surface area (Å²) in [5, 5.41) is 0. The number of carbonyl (C=O) groups excluding carboxylic acids is 2. The van der Waals surface area contributed by atoms with E-state index in [4.69, 9.17) is 9.15 Å². The molecule has 2 rings (SSSR count). The van der Waals surface area contributed by atoms with Crippen LogP contribution in [0.25, 0.3) is 0 Å². The number of furan rings is 1. The van der Waals surface area contributed by atoms with Crippen LogP contribution in [0.15, 0.2) is 45.5 Å². The molecule has 1 aromatic carbocycles. The molecule has 0 radical (unpaired) electrons. The molecule has 0 aliphatic carbocycles. The summed E-state index contributed by atoms with van der Waals surface area (Å²) >= 11 is 3.09. The van der Waals surface area contributed by atoms with E-state index in [-0.39, 0.29) is 5.76 Å². The van der Waals surface area contributed by atoms with E-state index >= 15 is 0 Å². The van der Waals surface area contributed by atoms with E-state index in [2.05, 4.69) is 26.8 Å². The quantitative estimate of drug-likeness (QED) is 0.828. The first kappa shape index (κ1) is 15.1. The molecule has 21 heavy (non-hydrogen) atoms. The van der Waals surface area contributed by atoms with Gasteiger partial charge in [0.05, 0.1) is 6.61 Å². The first-order valence-corrected chi connectivity index (χ1v) is 6.98. The Morgan fingerprint density at radius 2 is 1.76 bits per heavy atom. The predicted octanol–water partition coefficient (Wildman–Crippen LogP) is 2.52. The second-order valence-electron chi connectivity index (χ2n) is 3.97. The Bertz CT molecular complexity index is 637. The van der Waals surface area contributed by atoms with E-state index in [0.29, 0.717) is 22.6 Å². The zero-order valence-corrected chi connectivity index (χ0v) is 12.8. The van der Waals surface area contributed by atoms with E-state index in [1.54, 1.807) is 30.3 Å². The van der Waals surface area contributed by atoms with Gasteiger partial charge in [-0.15, -0.1) is 0 Å². The number of rotatable bonds is 4. The average molecular weight is 353 g/mol. The number of hydrazine groups is 1. The van der Waals surface area contributed by atoms with E-state index in [1.807, 2.05) is 6.92 Å². The molecule has 0 bridgehead atoms. The van der Waals surface area contributed by atoms with Crippen molar-refractivity contribution in [3.8, 4) is 5.75 Å². The van der Waals surface area contributed by atoms with Crippen LogP contribution in [-0.4, -0.2) is 18.4 Å². The van der Waals surface area contributed by atoms with Gasteiger partial charge in [0.2, 0.25) is 0 Å². The Balaban J connectivity index is 1.90. The molecule has 0 spiro atoms. The fraction of sp³-hybridized carbons (Fsp3) is 0.143. The van der Waals surface area contributed by atoms with Crippen LogP contribution in [0, 0.1) is 0 Å². The highest BCUT2D eigenvalue weighted by molar-refractivity contribution is 9.10. The zero-order chi connectivity index (χ0) is 15.2. The number of halogens is 1. The molecule has 2 amide bonds. The van der Waals surface area contributed by atoms with Gasteiger partial charge in [0, 0.05) is 5.56 Å². The monoisotopic (exact) mass is 352 g/mol. The van der Waals surface area contributed by atoms with Crippen molar-refractivity contribution < 1.29 is 18.7 Å². The van der Waals surface area contributed by atoms with Crippen LogP contribution in [0.5, 0.6) is 5.75 Å². The van der Waals surface area contributed by atoms with Gasteiger partial charge in [-0.1, -0.05) is 0 Å². The Kier molecular flexibility index (Phi) is 4.99. The third-order valence-electron chi connectivity index (χ3n) is 2.51. The summed E-state index contributed by atoms with van der Waals surface area (Å²) in [6, 6.07) is 9.66. The molecule has 1 heterocycles. The van der Waals surface area contributed by atoms with Crippen molar-refractivity contribution in [2.24, 2.45) is 0 Å². The summed E-state index contributed by atoms with van der Waals surface area (Å²) in [6.45, 7) is 2.43. The molecule has 0 saturated heterocycles. The van der Waals surface area contributed by atoms with Crippen molar-refractivity contribution in [2.75, 3.05) is 6.61 Å². The van der Waals surface area contributed by atoms with Gasteiger partial charge in [-0.05, 0) is 59.3 Å². The number of ether oxygens (including phenoxy) is 1. The average Bonchev–Trinajstić information content (AvgIpc) is 2.92. The van der Waals surface area contributed by atoms with E-state index in [1.165, 1.54) is 6.07 Å². The molecule has 0 atom stereocenters. The first-order chi connectivity index (χ1) is 10.1. The molecule has 1 aromatic heterocycles. The molecular formula is C14H13BrN2O4. The van der Waals surface area contributed by atoms with Gasteiger partial charge in [-0.25, -0.2) is 0 Å². The molecule has 6 nitrogen and oxygen atoms in total. The minimum atomic E-state index is -0.542. The van der Waals surface area contributed by atoms with Crippen LogP contribution in [-0.2, 0) is 0 Å². The third-order valence-corrected chi connectivity index (χ3v) is 2.94. The summed E-state index contributed by atoms with van der Waals surface area (Å²) in [5.74, 6) is -0.204. The van der Waals surface area contributed by atoms with Gasteiger partial charge in [0.25, 0.3) is 5.91 Å². The van der Waals surface area contributed by atoms with Crippen LogP contribution in [0.2, 0.25) is 0 Å². The van der Waals surface area contributed by atoms with Gasteiger partial charge in [0.15, 0.2) is 10.4 Å². The number of amides is 2. The Labute approximate surface area is 129 Å². The van der Waals surface area contributed by atoms with Gasteiger partial charge < -0.3 is 9.15 Å². The van der Waals surface area contributed by atoms with Gasteiger partial charge in [-0.2, -0.15) is 0 Å². The maximum absolute atomic E-state index is 11.8. The molecule has 0 unspecified atom stereocenters. The van der Waals surface area contributed by atoms with E-state index in [9.17, 15) is 9.59 Å². The molecule has 0 fully saturated rings. The van der Waals surface area contributed by atoms with Crippen LogP contribution in [0.3, 0.4) is 0 Å². The Morgan fingerprint density at radius 3 is 2.33 bits per heavy atom. The lowest BCUT2D eigenvalue weighted by atomic mass is 10.2. The van der Waals surface area contributed by atoms with Gasteiger partial charge in [0.1, 0.15) is 5.75 Å². The third kappa shape index (κ3) is 4.09. The molecule has 110 valence electrons. The van der Waals surface area contributed by atoms with Crippen molar-refractivity contribution in [2.45, 2.75) is 6.92 Å². The molecule has 0 aliphatic heterocycles. The van der Waals surface area contributed by atoms with Crippen LogP contribution >= 0.6 is 15.9 Å². The summed E-state index contributed by atoms with van der Waals surface area (Å²) in [7, 11) is 0. The van der Waals surface area contributed by atoms with Gasteiger partial charge in [-0.3, -0.25) is 20.4 Å². The highest BCUT2D eigenvalue weighted by Crippen LogP contribution is 2.14. The van der Waals surface area contributed by atoms with E-state index < -0.39 is 11.8 Å². The molecule has 7 heteroatoms. The number of carbonyl (C=O) groups is 2. The SMILES string of the molecule is CCOc1ccc(C(=O)NNC(=O)c2ccc(Br)o2)cc1. The Morgan fingerprint density at radius 1 is 1.10 bits per heavy atom. The summed E-state index contributed by atoms with van der Waals surface area (Å²) in [4.78, 5) is 23.5. The lowest BCUT2D eigenvalue weighted by Gasteiger charge is -2.07. The number of hydrogen-bond acceptors (Lipinski definition) is 4. The molecule has 2 aromatic rings. The Hall–Kier alpha value is -2.28. The maximum Gasteiger partial charge on any atom is 0.305 e. The summed E-state index contributed by atoms with van der Waals surface area (Å²) < 4.78 is 10.8. The lowest BCUT2D eigenvalue weighted by molar-refractivity contribution is 0.0830. The van der Waals surface area contributed by atoms with Crippen molar-refractivity contribution in [3.63, 3.8) is 0 Å². The maximum atomic E-state index is 11.8. The van der Waals surface area contributed by atoms with Crippen molar-refractivity contribution in [3.05, 3.63) is 52.4 Å². The van der Waals surface area contributed by atoms with Crippen LogP contribution in [0.1, 0.15) is 27.8 Å². The standard InChI is InChI=1S/C14H13BrN2O4/c1-2-20-10-5-3-9(4-6-10)13(18)16-17-14(19)11-7-8-12(15)21-11/h3-8H,2H2,1H3,(H,16,18)(H,17,19). The van der Waals surface area contributed by atoms with Crippen molar-refractivity contribution in [1.82, 2.24) is 10.9 Å². The minimum Gasteiger partial charge on any atom is -0.494 e. The fourth-order valence-corrected chi connectivity index (χ4v) is 1.86.